The Hall–Kier alpha value is -8.46. The number of rotatable bonds is 4. The molecule has 0 bridgehead atoms. The summed E-state index contributed by atoms with van der Waals surface area (Å²) in [6.07, 6.45) is 0. The summed E-state index contributed by atoms with van der Waals surface area (Å²) in [6.45, 7) is 0. The molecule has 12 aromatic carbocycles. The summed E-state index contributed by atoms with van der Waals surface area (Å²) in [4.78, 5) is 0. The molecule has 0 fully saturated rings. The van der Waals surface area contributed by atoms with Gasteiger partial charge in [-0.1, -0.05) is 170 Å². The van der Waals surface area contributed by atoms with E-state index in [4.69, 9.17) is 8.83 Å². The molecule has 2 heterocycles. The second-order valence-electron chi connectivity index (χ2n) is 17.1. The van der Waals surface area contributed by atoms with Gasteiger partial charge in [0.2, 0.25) is 0 Å². The van der Waals surface area contributed by atoms with Crippen molar-refractivity contribution in [2.24, 2.45) is 0 Å². The van der Waals surface area contributed by atoms with E-state index in [1.165, 1.54) is 87.2 Å². The molecule has 0 aliphatic heterocycles. The molecule has 2 heteroatoms. The maximum absolute atomic E-state index is 6.75. The number of fused-ring (bicyclic) bond motifs is 11. The normalized spacial score (nSPS) is 12.1. The van der Waals surface area contributed by atoms with Gasteiger partial charge in [0, 0.05) is 21.5 Å². The summed E-state index contributed by atoms with van der Waals surface area (Å²) in [5.74, 6) is 0. The molecule has 14 aromatic rings. The van der Waals surface area contributed by atoms with E-state index in [1.54, 1.807) is 0 Å². The fraction of sp³-hybridized carbons (Fsp3) is 0. The molecular weight excluding hydrogens is 777 g/mol. The van der Waals surface area contributed by atoms with E-state index in [9.17, 15) is 0 Å². The third-order valence-electron chi connectivity index (χ3n) is 13.6. The standard InChI is InChI=1S/C62H36O2/c1-2-14-37(15-3-1)59-44-18-6-8-20-46(44)62(47-21-9-7-19-45(47)59)42-26-29-43-52-33-40(27-30-55(52)63-57(43)36-42)60-48-22-10-12-24-50(48)61(51-25-13-11-23-49(51)60)41-28-31-56-53(34-41)54-32-38-16-4-5-17-39(38)35-58(54)64-56/h1-36H. The molecule has 296 valence electrons. The van der Waals surface area contributed by atoms with Crippen molar-refractivity contribution in [1.29, 1.82) is 0 Å². The summed E-state index contributed by atoms with van der Waals surface area (Å²) >= 11 is 0. The van der Waals surface area contributed by atoms with E-state index < -0.39 is 0 Å². The van der Waals surface area contributed by atoms with Gasteiger partial charge in [-0.05, 0) is 147 Å². The van der Waals surface area contributed by atoms with Crippen LogP contribution in [0.15, 0.2) is 227 Å². The average molecular weight is 813 g/mol. The van der Waals surface area contributed by atoms with Crippen molar-refractivity contribution in [3.8, 4) is 44.5 Å². The first-order valence-electron chi connectivity index (χ1n) is 22.0. The van der Waals surface area contributed by atoms with Gasteiger partial charge in [0.25, 0.3) is 0 Å². The van der Waals surface area contributed by atoms with Crippen LogP contribution in [0.4, 0.5) is 0 Å². The maximum Gasteiger partial charge on any atom is 0.136 e. The zero-order valence-corrected chi connectivity index (χ0v) is 34.6. The van der Waals surface area contributed by atoms with E-state index >= 15 is 0 Å². The SMILES string of the molecule is c1ccc(-c2c3ccccc3c(-c3ccc4c(c3)oc3ccc(-c5c6ccccc6c(-c6ccc7oc8cc9ccccc9cc8c7c6)c6ccccc56)cc34)c3ccccc23)cc1. The van der Waals surface area contributed by atoms with Crippen molar-refractivity contribution in [1.82, 2.24) is 0 Å². The van der Waals surface area contributed by atoms with Gasteiger partial charge in [0.15, 0.2) is 0 Å². The Morgan fingerprint density at radius 2 is 0.531 bits per heavy atom. The molecule has 14 rings (SSSR count). The third-order valence-corrected chi connectivity index (χ3v) is 13.6. The Morgan fingerprint density at radius 3 is 1.02 bits per heavy atom. The maximum atomic E-state index is 6.75. The molecule has 0 N–H and O–H groups in total. The Bertz CT molecular complexity index is 4130. The zero-order valence-electron chi connectivity index (χ0n) is 34.6. The number of benzene rings is 12. The highest BCUT2D eigenvalue weighted by molar-refractivity contribution is 6.24. The molecule has 0 aliphatic carbocycles. The number of furan rings is 2. The van der Waals surface area contributed by atoms with E-state index in [0.29, 0.717) is 0 Å². The molecule has 2 nitrogen and oxygen atoms in total. The lowest BCUT2D eigenvalue weighted by Gasteiger charge is -2.18. The van der Waals surface area contributed by atoms with Crippen LogP contribution >= 0.6 is 0 Å². The van der Waals surface area contributed by atoms with Crippen LogP contribution in [0.25, 0.3) is 142 Å². The van der Waals surface area contributed by atoms with Gasteiger partial charge in [0.05, 0.1) is 0 Å². The molecule has 0 aliphatic rings. The van der Waals surface area contributed by atoms with Crippen molar-refractivity contribution in [3.63, 3.8) is 0 Å². The van der Waals surface area contributed by atoms with E-state index in [-0.39, 0.29) is 0 Å². The highest BCUT2D eigenvalue weighted by Crippen LogP contribution is 2.48. The smallest absolute Gasteiger partial charge is 0.136 e. The van der Waals surface area contributed by atoms with Gasteiger partial charge >= 0.3 is 0 Å². The van der Waals surface area contributed by atoms with Gasteiger partial charge in [-0.15, -0.1) is 0 Å². The molecule has 0 saturated heterocycles. The van der Waals surface area contributed by atoms with Crippen molar-refractivity contribution in [2.45, 2.75) is 0 Å². The fourth-order valence-electron chi connectivity index (χ4n) is 10.8. The van der Waals surface area contributed by atoms with Gasteiger partial charge in [-0.2, -0.15) is 0 Å². The molecule has 0 spiro atoms. The predicted molar refractivity (Wildman–Crippen MR) is 270 cm³/mol. The van der Waals surface area contributed by atoms with Crippen molar-refractivity contribution in [3.05, 3.63) is 218 Å². The van der Waals surface area contributed by atoms with Gasteiger partial charge in [-0.3, -0.25) is 0 Å². The number of hydrogen-bond acceptors (Lipinski definition) is 2. The summed E-state index contributed by atoms with van der Waals surface area (Å²) in [5, 5.41) is 16.7. The monoisotopic (exact) mass is 812 g/mol. The Morgan fingerprint density at radius 1 is 0.188 bits per heavy atom. The largest absolute Gasteiger partial charge is 0.456 e. The van der Waals surface area contributed by atoms with E-state index in [2.05, 4.69) is 218 Å². The van der Waals surface area contributed by atoms with Gasteiger partial charge in [-0.25, -0.2) is 0 Å². The van der Waals surface area contributed by atoms with Crippen molar-refractivity contribution in [2.75, 3.05) is 0 Å². The minimum atomic E-state index is 0.878. The van der Waals surface area contributed by atoms with Gasteiger partial charge < -0.3 is 8.83 Å². The minimum absolute atomic E-state index is 0.878. The van der Waals surface area contributed by atoms with Crippen LogP contribution in [0, 0.1) is 0 Å². The minimum Gasteiger partial charge on any atom is -0.456 e. The molecule has 0 radical (unpaired) electrons. The topological polar surface area (TPSA) is 26.3 Å². The lowest BCUT2D eigenvalue weighted by Crippen LogP contribution is -1.91. The second-order valence-corrected chi connectivity index (χ2v) is 17.1. The first kappa shape index (κ1) is 35.2. The van der Waals surface area contributed by atoms with E-state index in [1.807, 2.05) is 0 Å². The molecule has 0 unspecified atom stereocenters. The highest BCUT2D eigenvalue weighted by atomic mass is 16.3. The lowest BCUT2D eigenvalue weighted by molar-refractivity contribution is 0.669. The molecule has 0 atom stereocenters. The molecular formula is C62H36O2. The first-order chi connectivity index (χ1) is 31.7. The Kier molecular flexibility index (Phi) is 7.43. The quantitative estimate of drug-likeness (QED) is 0.166. The van der Waals surface area contributed by atoms with Crippen LogP contribution in [0.3, 0.4) is 0 Å². The van der Waals surface area contributed by atoms with Crippen molar-refractivity contribution >= 4 is 97.7 Å². The van der Waals surface area contributed by atoms with E-state index in [0.717, 1.165) is 55.0 Å². The van der Waals surface area contributed by atoms with Gasteiger partial charge in [0.1, 0.15) is 22.3 Å². The van der Waals surface area contributed by atoms with Crippen LogP contribution < -0.4 is 0 Å². The highest BCUT2D eigenvalue weighted by Gasteiger charge is 2.21. The average Bonchev–Trinajstić information content (AvgIpc) is 3.90. The fourth-order valence-corrected chi connectivity index (χ4v) is 10.8. The van der Waals surface area contributed by atoms with Crippen LogP contribution in [0.1, 0.15) is 0 Å². The molecule has 64 heavy (non-hydrogen) atoms. The Labute approximate surface area is 367 Å². The molecule has 0 amide bonds. The summed E-state index contributed by atoms with van der Waals surface area (Å²) < 4.78 is 13.2. The van der Waals surface area contributed by atoms with Crippen molar-refractivity contribution < 1.29 is 8.83 Å². The summed E-state index contributed by atoms with van der Waals surface area (Å²) in [7, 11) is 0. The summed E-state index contributed by atoms with van der Waals surface area (Å²) in [6, 6.07) is 79.3. The lowest BCUT2D eigenvalue weighted by atomic mass is 9.85. The van der Waals surface area contributed by atoms with Crippen LogP contribution in [0.5, 0.6) is 0 Å². The number of hydrogen-bond donors (Lipinski definition) is 0. The predicted octanol–water partition coefficient (Wildman–Crippen LogP) is 17.9. The molecule has 2 aromatic heterocycles. The van der Waals surface area contributed by atoms with Crippen LogP contribution in [0.2, 0.25) is 0 Å². The van der Waals surface area contributed by atoms with Crippen LogP contribution in [-0.2, 0) is 0 Å². The first-order valence-corrected chi connectivity index (χ1v) is 22.0. The second kappa shape index (κ2) is 13.5. The zero-order chi connectivity index (χ0) is 41.9. The Balaban J connectivity index is 0.945. The van der Waals surface area contributed by atoms with Crippen LogP contribution in [-0.4, -0.2) is 0 Å². The molecule has 0 saturated carbocycles. The summed E-state index contributed by atoms with van der Waals surface area (Å²) in [5.41, 5.74) is 13.2. The third kappa shape index (κ3) is 5.14.